The van der Waals surface area contributed by atoms with Gasteiger partial charge in [0.2, 0.25) is 11.8 Å². The lowest BCUT2D eigenvalue weighted by Gasteiger charge is -2.34. The monoisotopic (exact) mass is 390 g/mol. The molecule has 152 valence electrons. The quantitative estimate of drug-likeness (QED) is 0.700. The van der Waals surface area contributed by atoms with E-state index in [0.29, 0.717) is 32.5 Å². The third-order valence-corrected chi connectivity index (χ3v) is 5.61. The number of hydrogen-bond acceptors (Lipinski definition) is 2. The molecule has 0 N–H and O–H groups in total. The lowest BCUT2D eigenvalue weighted by molar-refractivity contribution is -0.130. The molecule has 4 heteroatoms. The number of anilines is 1. The zero-order chi connectivity index (χ0) is 20.8. The molecule has 1 aliphatic heterocycles. The van der Waals surface area contributed by atoms with Crippen LogP contribution in [0.25, 0.3) is 6.08 Å². The summed E-state index contributed by atoms with van der Waals surface area (Å²) in [6.07, 6.45) is 4.90. The normalized spacial score (nSPS) is 14.9. The van der Waals surface area contributed by atoms with E-state index >= 15 is 0 Å². The highest BCUT2D eigenvalue weighted by Crippen LogP contribution is 2.27. The van der Waals surface area contributed by atoms with Crippen molar-refractivity contribution in [3.8, 4) is 0 Å². The van der Waals surface area contributed by atoms with Crippen LogP contribution in [0.3, 0.4) is 0 Å². The summed E-state index contributed by atoms with van der Waals surface area (Å²) in [5.74, 6) is 0.159. The molecule has 0 unspecified atom stereocenters. The molecule has 4 nitrogen and oxygen atoms in total. The first-order chi connectivity index (χ1) is 14.0. The summed E-state index contributed by atoms with van der Waals surface area (Å²) in [6, 6.07) is 16.0. The Kier molecular flexibility index (Phi) is 6.86. The maximum absolute atomic E-state index is 13.2. The van der Waals surface area contributed by atoms with E-state index in [4.69, 9.17) is 0 Å². The SMILES string of the molecule is CCN(C(=O)C1CCN(C(=O)/C=C/c2ccccc2)CC1)c1cc(C)ccc1C. The molecule has 3 rings (SSSR count). The summed E-state index contributed by atoms with van der Waals surface area (Å²) >= 11 is 0. The molecule has 1 heterocycles. The zero-order valence-corrected chi connectivity index (χ0v) is 17.6. The lowest BCUT2D eigenvalue weighted by atomic mass is 9.94. The second-order valence-corrected chi connectivity index (χ2v) is 7.72. The van der Waals surface area contributed by atoms with Crippen molar-refractivity contribution in [2.75, 3.05) is 24.5 Å². The molecule has 1 saturated heterocycles. The third-order valence-electron chi connectivity index (χ3n) is 5.61. The van der Waals surface area contributed by atoms with Gasteiger partial charge in [-0.25, -0.2) is 0 Å². The predicted molar refractivity (Wildman–Crippen MR) is 119 cm³/mol. The molecule has 0 aliphatic carbocycles. The highest BCUT2D eigenvalue weighted by Gasteiger charge is 2.30. The summed E-state index contributed by atoms with van der Waals surface area (Å²) in [5.41, 5.74) is 4.28. The standard InChI is InChI=1S/C25H30N2O2/c1-4-27(23-18-19(2)10-11-20(23)3)25(29)22-14-16-26(17-15-22)24(28)13-12-21-8-6-5-7-9-21/h5-13,18,22H,4,14-17H2,1-3H3/b13-12+. The Labute approximate surface area is 173 Å². The molecule has 0 atom stereocenters. The number of carbonyl (C=O) groups is 2. The molecule has 0 aromatic heterocycles. The van der Waals surface area contributed by atoms with Crippen LogP contribution in [-0.4, -0.2) is 36.3 Å². The van der Waals surface area contributed by atoms with E-state index in [0.717, 1.165) is 22.4 Å². The number of amides is 2. The highest BCUT2D eigenvalue weighted by atomic mass is 16.2. The van der Waals surface area contributed by atoms with E-state index in [1.807, 2.05) is 67.0 Å². The first-order valence-electron chi connectivity index (χ1n) is 10.4. The van der Waals surface area contributed by atoms with Gasteiger partial charge in [0.15, 0.2) is 0 Å². The van der Waals surface area contributed by atoms with Crippen LogP contribution in [0, 0.1) is 19.8 Å². The fourth-order valence-electron chi connectivity index (χ4n) is 3.86. The van der Waals surface area contributed by atoms with Crippen LogP contribution in [0.2, 0.25) is 0 Å². The number of piperidine rings is 1. The Hall–Kier alpha value is -2.88. The van der Waals surface area contributed by atoms with Gasteiger partial charge in [0.1, 0.15) is 0 Å². The second-order valence-electron chi connectivity index (χ2n) is 7.72. The highest BCUT2D eigenvalue weighted by molar-refractivity contribution is 5.96. The van der Waals surface area contributed by atoms with Crippen LogP contribution < -0.4 is 4.90 Å². The number of hydrogen-bond donors (Lipinski definition) is 0. The van der Waals surface area contributed by atoms with Gasteiger partial charge in [-0.15, -0.1) is 0 Å². The molecule has 2 aromatic carbocycles. The third kappa shape index (κ3) is 5.14. The van der Waals surface area contributed by atoms with Gasteiger partial charge in [-0.2, -0.15) is 0 Å². The first kappa shape index (κ1) is 20.8. The summed E-state index contributed by atoms with van der Waals surface area (Å²) in [4.78, 5) is 29.4. The number of benzene rings is 2. The minimum Gasteiger partial charge on any atom is -0.339 e. The van der Waals surface area contributed by atoms with E-state index in [1.165, 1.54) is 0 Å². The van der Waals surface area contributed by atoms with Gasteiger partial charge in [-0.1, -0.05) is 42.5 Å². The average Bonchev–Trinajstić information content (AvgIpc) is 2.75. The molecule has 2 amide bonds. The predicted octanol–water partition coefficient (Wildman–Crippen LogP) is 4.61. The Bertz CT molecular complexity index is 881. The van der Waals surface area contributed by atoms with Crippen molar-refractivity contribution in [2.24, 2.45) is 5.92 Å². The van der Waals surface area contributed by atoms with Gasteiger partial charge in [0, 0.05) is 37.3 Å². The van der Waals surface area contributed by atoms with E-state index in [1.54, 1.807) is 6.08 Å². The number of aryl methyl sites for hydroxylation is 2. The van der Waals surface area contributed by atoms with E-state index in [9.17, 15) is 9.59 Å². The minimum absolute atomic E-state index is 0.0154. The van der Waals surface area contributed by atoms with Gasteiger partial charge in [-0.3, -0.25) is 9.59 Å². The molecular weight excluding hydrogens is 360 g/mol. The van der Waals surface area contributed by atoms with E-state index in [-0.39, 0.29) is 17.7 Å². The van der Waals surface area contributed by atoms with E-state index < -0.39 is 0 Å². The summed E-state index contributed by atoms with van der Waals surface area (Å²) in [5, 5.41) is 0. The van der Waals surface area contributed by atoms with Crippen molar-refractivity contribution in [2.45, 2.75) is 33.6 Å². The van der Waals surface area contributed by atoms with Gasteiger partial charge in [0.25, 0.3) is 0 Å². The van der Waals surface area contributed by atoms with Crippen molar-refractivity contribution < 1.29 is 9.59 Å². The maximum atomic E-state index is 13.2. The fraction of sp³-hybridized carbons (Fsp3) is 0.360. The molecule has 0 saturated carbocycles. The first-order valence-corrected chi connectivity index (χ1v) is 10.4. The zero-order valence-electron chi connectivity index (χ0n) is 17.6. The van der Waals surface area contributed by atoms with Gasteiger partial charge in [0.05, 0.1) is 0 Å². The number of rotatable bonds is 5. The summed E-state index contributed by atoms with van der Waals surface area (Å²) in [6.45, 7) is 8.02. The van der Waals surface area contributed by atoms with Crippen LogP contribution in [0.15, 0.2) is 54.6 Å². The van der Waals surface area contributed by atoms with Gasteiger partial charge in [-0.05, 0) is 62.4 Å². The van der Waals surface area contributed by atoms with Crippen molar-refractivity contribution in [3.05, 3.63) is 71.3 Å². The van der Waals surface area contributed by atoms with Crippen molar-refractivity contribution in [3.63, 3.8) is 0 Å². The molecule has 2 aromatic rings. The largest absolute Gasteiger partial charge is 0.339 e. The molecule has 0 radical (unpaired) electrons. The summed E-state index contributed by atoms with van der Waals surface area (Å²) in [7, 11) is 0. The maximum Gasteiger partial charge on any atom is 0.246 e. The van der Waals surface area contributed by atoms with E-state index in [2.05, 4.69) is 18.2 Å². The summed E-state index contributed by atoms with van der Waals surface area (Å²) < 4.78 is 0. The molecule has 0 bridgehead atoms. The van der Waals surface area contributed by atoms with Crippen LogP contribution in [0.1, 0.15) is 36.5 Å². The van der Waals surface area contributed by atoms with Crippen molar-refractivity contribution in [1.29, 1.82) is 0 Å². The van der Waals surface area contributed by atoms with Crippen molar-refractivity contribution in [1.82, 2.24) is 4.90 Å². The topological polar surface area (TPSA) is 40.6 Å². The Morgan fingerprint density at radius 1 is 1.07 bits per heavy atom. The smallest absolute Gasteiger partial charge is 0.246 e. The van der Waals surface area contributed by atoms with Crippen molar-refractivity contribution >= 4 is 23.6 Å². The Morgan fingerprint density at radius 3 is 2.41 bits per heavy atom. The Balaban J connectivity index is 1.60. The average molecular weight is 391 g/mol. The van der Waals surface area contributed by atoms with Crippen LogP contribution in [-0.2, 0) is 9.59 Å². The minimum atomic E-state index is -0.0305. The van der Waals surface area contributed by atoms with Crippen LogP contribution >= 0.6 is 0 Å². The molecule has 0 spiro atoms. The number of likely N-dealkylation sites (tertiary alicyclic amines) is 1. The number of nitrogens with zero attached hydrogens (tertiary/aromatic N) is 2. The molecular formula is C25H30N2O2. The number of carbonyl (C=O) groups excluding carboxylic acids is 2. The van der Waals surface area contributed by atoms with Gasteiger partial charge < -0.3 is 9.80 Å². The molecule has 29 heavy (non-hydrogen) atoms. The van der Waals surface area contributed by atoms with Crippen LogP contribution in [0.4, 0.5) is 5.69 Å². The van der Waals surface area contributed by atoms with Gasteiger partial charge >= 0.3 is 0 Å². The lowest BCUT2D eigenvalue weighted by Crippen LogP contribution is -2.44. The van der Waals surface area contributed by atoms with Crippen LogP contribution in [0.5, 0.6) is 0 Å². The molecule has 1 fully saturated rings. The molecule has 1 aliphatic rings. The fourth-order valence-corrected chi connectivity index (χ4v) is 3.86. The Morgan fingerprint density at radius 2 is 1.76 bits per heavy atom. The second kappa shape index (κ2) is 9.55.